The Morgan fingerprint density at radius 1 is 1.00 bits per heavy atom. The highest BCUT2D eigenvalue weighted by Crippen LogP contribution is 2.36. The fourth-order valence-electron chi connectivity index (χ4n) is 1.48. The Balaban J connectivity index is 2.40. The first-order valence-electron chi connectivity index (χ1n) is 6.04. The SMILES string of the molecule is CC(C)(C)c1nc(Cl)cc(Oc2cc(Cl)c(Br)cc2Cl)n1. The summed E-state index contributed by atoms with van der Waals surface area (Å²) >= 11 is 21.5. The summed E-state index contributed by atoms with van der Waals surface area (Å²) in [4.78, 5) is 8.57. The monoisotopic (exact) mass is 408 g/mol. The zero-order valence-corrected chi connectivity index (χ0v) is 15.4. The van der Waals surface area contributed by atoms with Crippen molar-refractivity contribution in [3.63, 3.8) is 0 Å². The number of nitrogens with zero attached hydrogens (tertiary/aromatic N) is 2. The maximum atomic E-state index is 6.13. The first-order valence-corrected chi connectivity index (χ1v) is 7.97. The quantitative estimate of drug-likeness (QED) is 0.431. The van der Waals surface area contributed by atoms with Crippen LogP contribution in [-0.4, -0.2) is 9.97 Å². The lowest BCUT2D eigenvalue weighted by molar-refractivity contribution is 0.446. The molecular formula is C14H12BrCl3N2O. The van der Waals surface area contributed by atoms with Gasteiger partial charge in [0.2, 0.25) is 5.88 Å². The third-order valence-corrected chi connectivity index (χ3v) is 4.22. The Labute approximate surface area is 146 Å². The molecule has 0 bridgehead atoms. The third-order valence-electron chi connectivity index (χ3n) is 2.53. The van der Waals surface area contributed by atoms with Gasteiger partial charge >= 0.3 is 0 Å². The summed E-state index contributed by atoms with van der Waals surface area (Å²) in [5.74, 6) is 1.31. The molecule has 0 atom stereocenters. The number of hydrogen-bond acceptors (Lipinski definition) is 3. The van der Waals surface area contributed by atoms with Gasteiger partial charge in [0.25, 0.3) is 0 Å². The Hall–Kier alpha value is -0.550. The van der Waals surface area contributed by atoms with E-state index in [1.807, 2.05) is 20.8 Å². The van der Waals surface area contributed by atoms with E-state index in [4.69, 9.17) is 39.5 Å². The topological polar surface area (TPSA) is 35.0 Å². The highest BCUT2D eigenvalue weighted by atomic mass is 79.9. The molecule has 0 saturated heterocycles. The minimum absolute atomic E-state index is 0.246. The number of benzene rings is 1. The molecule has 0 aliphatic rings. The number of halogens is 4. The van der Waals surface area contributed by atoms with Crippen molar-refractivity contribution in [3.8, 4) is 11.6 Å². The van der Waals surface area contributed by atoms with Crippen LogP contribution in [0, 0.1) is 0 Å². The molecule has 3 nitrogen and oxygen atoms in total. The maximum Gasteiger partial charge on any atom is 0.224 e. The summed E-state index contributed by atoms with van der Waals surface area (Å²) in [6.45, 7) is 5.98. The van der Waals surface area contributed by atoms with Crippen LogP contribution in [0.25, 0.3) is 0 Å². The molecule has 112 valence electrons. The van der Waals surface area contributed by atoms with Crippen LogP contribution in [0.4, 0.5) is 0 Å². The van der Waals surface area contributed by atoms with Gasteiger partial charge in [-0.15, -0.1) is 0 Å². The molecule has 0 N–H and O–H groups in total. The first-order chi connectivity index (χ1) is 9.66. The minimum Gasteiger partial charge on any atom is -0.437 e. The molecule has 0 aliphatic heterocycles. The Morgan fingerprint density at radius 2 is 1.67 bits per heavy atom. The molecule has 2 aromatic rings. The Morgan fingerprint density at radius 3 is 2.29 bits per heavy atom. The van der Waals surface area contributed by atoms with Crippen LogP contribution in [0.2, 0.25) is 15.2 Å². The van der Waals surface area contributed by atoms with Crippen molar-refractivity contribution in [2.75, 3.05) is 0 Å². The summed E-state index contributed by atoms with van der Waals surface area (Å²) in [5.41, 5.74) is -0.246. The van der Waals surface area contributed by atoms with Crippen LogP contribution in [0.3, 0.4) is 0 Å². The largest absolute Gasteiger partial charge is 0.437 e. The molecule has 0 aliphatic carbocycles. The third kappa shape index (κ3) is 4.22. The second-order valence-electron chi connectivity index (χ2n) is 5.40. The van der Waals surface area contributed by atoms with Gasteiger partial charge in [-0.1, -0.05) is 55.6 Å². The van der Waals surface area contributed by atoms with E-state index in [0.717, 1.165) is 0 Å². The van der Waals surface area contributed by atoms with Crippen LogP contribution in [-0.2, 0) is 5.41 Å². The summed E-state index contributed by atoms with van der Waals surface area (Å²) in [7, 11) is 0. The lowest BCUT2D eigenvalue weighted by Crippen LogP contribution is -2.16. The Bertz CT molecular complexity index is 687. The van der Waals surface area contributed by atoms with E-state index in [-0.39, 0.29) is 5.41 Å². The zero-order valence-electron chi connectivity index (χ0n) is 11.5. The molecule has 0 fully saturated rings. The predicted octanol–water partition coefficient (Wildman–Crippen LogP) is 6.29. The molecule has 2 rings (SSSR count). The van der Waals surface area contributed by atoms with Crippen LogP contribution >= 0.6 is 50.7 Å². The second-order valence-corrected chi connectivity index (χ2v) is 7.46. The molecule has 0 unspecified atom stereocenters. The molecule has 0 radical (unpaired) electrons. The maximum absolute atomic E-state index is 6.13. The van der Waals surface area contributed by atoms with E-state index in [2.05, 4.69) is 25.9 Å². The predicted molar refractivity (Wildman–Crippen MR) is 90.0 cm³/mol. The van der Waals surface area contributed by atoms with E-state index >= 15 is 0 Å². The van der Waals surface area contributed by atoms with E-state index in [1.54, 1.807) is 12.1 Å². The van der Waals surface area contributed by atoms with Crippen LogP contribution in [0.1, 0.15) is 26.6 Å². The zero-order chi connectivity index (χ0) is 15.8. The highest BCUT2D eigenvalue weighted by Gasteiger charge is 2.20. The molecule has 21 heavy (non-hydrogen) atoms. The van der Waals surface area contributed by atoms with E-state index in [9.17, 15) is 0 Å². The molecule has 1 heterocycles. The Kier molecular flexibility index (Phi) is 5.03. The molecule has 1 aromatic heterocycles. The lowest BCUT2D eigenvalue weighted by Gasteiger charge is -2.17. The van der Waals surface area contributed by atoms with Crippen LogP contribution in [0.15, 0.2) is 22.7 Å². The van der Waals surface area contributed by atoms with Crippen molar-refractivity contribution in [1.82, 2.24) is 9.97 Å². The van der Waals surface area contributed by atoms with Gasteiger partial charge in [0.05, 0.1) is 10.0 Å². The van der Waals surface area contributed by atoms with Crippen LogP contribution < -0.4 is 4.74 Å². The van der Waals surface area contributed by atoms with Crippen LogP contribution in [0.5, 0.6) is 11.6 Å². The first kappa shape index (κ1) is 16.8. The lowest BCUT2D eigenvalue weighted by atomic mass is 9.96. The van der Waals surface area contributed by atoms with Gasteiger partial charge in [-0.3, -0.25) is 0 Å². The van der Waals surface area contributed by atoms with Gasteiger partial charge in [0.15, 0.2) is 0 Å². The number of rotatable bonds is 2. The molecule has 0 spiro atoms. The van der Waals surface area contributed by atoms with Gasteiger partial charge in [-0.25, -0.2) is 4.98 Å². The van der Waals surface area contributed by atoms with Crippen molar-refractivity contribution >= 4 is 50.7 Å². The fourth-order valence-corrected chi connectivity index (χ4v) is 2.48. The van der Waals surface area contributed by atoms with E-state index < -0.39 is 0 Å². The van der Waals surface area contributed by atoms with Gasteiger partial charge in [-0.2, -0.15) is 4.98 Å². The van der Waals surface area contributed by atoms with Crippen molar-refractivity contribution in [1.29, 1.82) is 0 Å². The van der Waals surface area contributed by atoms with Gasteiger partial charge < -0.3 is 4.74 Å². The normalized spacial score (nSPS) is 11.6. The minimum atomic E-state index is -0.246. The standard InChI is InChI=1S/C14H12BrCl3N2O/c1-14(2,3)13-19-11(18)6-12(20-13)21-10-5-8(16)7(15)4-9(10)17/h4-6H,1-3H3. The fraction of sp³-hybridized carbons (Fsp3) is 0.286. The summed E-state index contributed by atoms with van der Waals surface area (Å²) in [6, 6.07) is 4.80. The molecule has 7 heteroatoms. The summed E-state index contributed by atoms with van der Waals surface area (Å²) in [5, 5.41) is 1.22. The molecule has 1 aromatic carbocycles. The smallest absolute Gasteiger partial charge is 0.224 e. The van der Waals surface area contributed by atoms with Crippen molar-refractivity contribution in [2.24, 2.45) is 0 Å². The highest BCUT2D eigenvalue weighted by molar-refractivity contribution is 9.10. The van der Waals surface area contributed by atoms with E-state index in [0.29, 0.717) is 37.1 Å². The second kappa shape index (κ2) is 6.29. The molecule has 0 amide bonds. The number of ether oxygens (including phenoxy) is 1. The van der Waals surface area contributed by atoms with Crippen molar-refractivity contribution in [3.05, 3.63) is 43.7 Å². The van der Waals surface area contributed by atoms with Gasteiger partial charge in [0.1, 0.15) is 16.7 Å². The summed E-state index contributed by atoms with van der Waals surface area (Å²) in [6.07, 6.45) is 0. The summed E-state index contributed by atoms with van der Waals surface area (Å²) < 4.78 is 6.38. The van der Waals surface area contributed by atoms with Gasteiger partial charge in [-0.05, 0) is 22.0 Å². The number of hydrogen-bond donors (Lipinski definition) is 0. The average Bonchev–Trinajstić information content (AvgIpc) is 2.34. The van der Waals surface area contributed by atoms with Crippen molar-refractivity contribution < 1.29 is 4.74 Å². The number of aromatic nitrogens is 2. The van der Waals surface area contributed by atoms with Crippen molar-refractivity contribution in [2.45, 2.75) is 26.2 Å². The molecule has 0 saturated carbocycles. The van der Waals surface area contributed by atoms with Gasteiger partial charge in [0, 0.05) is 22.0 Å². The average molecular weight is 411 g/mol. The molecular weight excluding hydrogens is 398 g/mol. The van der Waals surface area contributed by atoms with E-state index in [1.165, 1.54) is 6.07 Å².